The van der Waals surface area contributed by atoms with E-state index in [1.54, 1.807) is 11.9 Å². The first kappa shape index (κ1) is 20.0. The number of nitrogens with zero attached hydrogens (tertiary/aromatic N) is 4. The maximum absolute atomic E-state index is 12.6. The fourth-order valence-corrected chi connectivity index (χ4v) is 4.45. The summed E-state index contributed by atoms with van der Waals surface area (Å²) < 4.78 is 0. The van der Waals surface area contributed by atoms with Crippen LogP contribution in [0.5, 0.6) is 0 Å². The van der Waals surface area contributed by atoms with Crippen LogP contribution in [-0.4, -0.2) is 71.5 Å². The van der Waals surface area contributed by atoms with Gasteiger partial charge in [0.05, 0.1) is 0 Å². The predicted octanol–water partition coefficient (Wildman–Crippen LogP) is 2.63. The van der Waals surface area contributed by atoms with Crippen LogP contribution in [0.2, 0.25) is 0 Å². The third-order valence-electron chi connectivity index (χ3n) is 6.03. The normalized spacial score (nSPS) is 28.3. The highest BCUT2D eigenvalue weighted by molar-refractivity contribution is 6.03. The lowest BCUT2D eigenvalue weighted by Gasteiger charge is -2.39. The van der Waals surface area contributed by atoms with Gasteiger partial charge < -0.3 is 14.7 Å². The number of rotatable bonds is 7. The Bertz CT molecular complexity index is 579. The lowest BCUT2D eigenvalue weighted by Crippen LogP contribution is -2.64. The van der Waals surface area contributed by atoms with Crippen molar-refractivity contribution in [3.63, 3.8) is 0 Å². The minimum absolute atomic E-state index is 0.210. The van der Waals surface area contributed by atoms with Gasteiger partial charge in [-0.25, -0.2) is 9.79 Å². The summed E-state index contributed by atoms with van der Waals surface area (Å²) in [6.07, 6.45) is 9.29. The van der Waals surface area contributed by atoms with Crippen molar-refractivity contribution in [3.05, 3.63) is 0 Å². The summed E-state index contributed by atoms with van der Waals surface area (Å²) in [6, 6.07) is -0.742. The van der Waals surface area contributed by atoms with Gasteiger partial charge in [-0.15, -0.1) is 0 Å². The van der Waals surface area contributed by atoms with E-state index >= 15 is 0 Å². The summed E-state index contributed by atoms with van der Waals surface area (Å²) in [4.78, 5) is 35.6. The molecule has 0 aromatic heterocycles. The Morgan fingerprint density at radius 1 is 1.15 bits per heavy atom. The number of guanidine groups is 1. The summed E-state index contributed by atoms with van der Waals surface area (Å²) in [6.45, 7) is 7.28. The maximum Gasteiger partial charge on any atom is 0.325 e. The first-order valence-electron chi connectivity index (χ1n) is 10.7. The molecular formula is C20H35N5O2. The average molecular weight is 378 g/mol. The van der Waals surface area contributed by atoms with Crippen molar-refractivity contribution in [2.45, 2.75) is 77.4 Å². The number of hydrogen-bond donors (Lipinski definition) is 1. The third-order valence-corrected chi connectivity index (χ3v) is 6.03. The molecule has 0 aromatic carbocycles. The summed E-state index contributed by atoms with van der Waals surface area (Å²) in [5.74, 6) is 1.34. The predicted molar refractivity (Wildman–Crippen MR) is 106 cm³/mol. The van der Waals surface area contributed by atoms with Crippen LogP contribution in [0.25, 0.3) is 0 Å². The van der Waals surface area contributed by atoms with Gasteiger partial charge in [-0.05, 0) is 25.2 Å². The van der Waals surface area contributed by atoms with Crippen molar-refractivity contribution in [1.82, 2.24) is 20.0 Å². The Morgan fingerprint density at radius 3 is 2.63 bits per heavy atom. The molecule has 7 heteroatoms. The Labute approximate surface area is 163 Å². The van der Waals surface area contributed by atoms with Crippen LogP contribution in [0.15, 0.2) is 4.99 Å². The fourth-order valence-electron chi connectivity index (χ4n) is 4.45. The highest BCUT2D eigenvalue weighted by atomic mass is 16.2. The smallest absolute Gasteiger partial charge is 0.325 e. The fraction of sp³-hybridized carbons (Fsp3) is 0.850. The van der Waals surface area contributed by atoms with Crippen molar-refractivity contribution >= 4 is 17.9 Å². The summed E-state index contributed by atoms with van der Waals surface area (Å²) in [5.41, 5.74) is 0. The number of urea groups is 1. The van der Waals surface area contributed by atoms with Crippen LogP contribution in [0.4, 0.5) is 4.79 Å². The van der Waals surface area contributed by atoms with Crippen molar-refractivity contribution in [2.24, 2.45) is 10.9 Å². The molecule has 27 heavy (non-hydrogen) atoms. The second-order valence-electron chi connectivity index (χ2n) is 8.35. The van der Waals surface area contributed by atoms with Crippen LogP contribution in [-0.2, 0) is 4.79 Å². The monoisotopic (exact) mass is 377 g/mol. The Hall–Kier alpha value is -1.79. The number of hydrogen-bond acceptors (Lipinski definition) is 5. The number of fused-ring (bicyclic) bond motifs is 1. The van der Waals surface area contributed by atoms with Crippen LogP contribution in [0, 0.1) is 5.92 Å². The van der Waals surface area contributed by atoms with E-state index in [2.05, 4.69) is 29.0 Å². The zero-order chi connectivity index (χ0) is 19.4. The van der Waals surface area contributed by atoms with E-state index < -0.39 is 12.2 Å². The van der Waals surface area contributed by atoms with Gasteiger partial charge in [0.15, 0.2) is 18.2 Å². The molecular weight excluding hydrogens is 342 g/mol. The van der Waals surface area contributed by atoms with Crippen LogP contribution >= 0.6 is 0 Å². The molecule has 0 aliphatic carbocycles. The Morgan fingerprint density at radius 2 is 1.89 bits per heavy atom. The third kappa shape index (κ3) is 4.38. The summed E-state index contributed by atoms with van der Waals surface area (Å²) in [5, 5.41) is 2.50. The summed E-state index contributed by atoms with van der Waals surface area (Å²) >= 11 is 0. The van der Waals surface area contributed by atoms with E-state index in [9.17, 15) is 9.59 Å². The molecule has 2 saturated heterocycles. The topological polar surface area (TPSA) is 68.2 Å². The Balaban J connectivity index is 1.71. The second-order valence-corrected chi connectivity index (χ2v) is 8.35. The molecule has 152 valence electrons. The lowest BCUT2D eigenvalue weighted by molar-refractivity contribution is -0.127. The van der Waals surface area contributed by atoms with E-state index in [0.717, 1.165) is 38.4 Å². The Kier molecular flexibility index (Phi) is 6.60. The number of carbonyl (C=O) groups is 2. The standard InChI is InChI=1S/C20H35N5O2/c1-4-5-6-7-8-9-13-25-16-17(23(3)20(27)22-18(16)26)21-19(25)24-12-10-11-15(2)14-24/h15-17H,4-14H2,1-3H3,(H,22,26,27). The maximum atomic E-state index is 12.6. The van der Waals surface area contributed by atoms with Gasteiger partial charge in [0.25, 0.3) is 5.91 Å². The van der Waals surface area contributed by atoms with Crippen LogP contribution in [0.3, 0.4) is 0 Å². The van der Waals surface area contributed by atoms with Crippen LogP contribution in [0.1, 0.15) is 65.2 Å². The summed E-state index contributed by atoms with van der Waals surface area (Å²) in [7, 11) is 1.73. The number of amides is 3. The molecule has 1 N–H and O–H groups in total. The number of imide groups is 1. The highest BCUT2D eigenvalue weighted by Crippen LogP contribution is 2.28. The molecule has 0 aromatic rings. The van der Waals surface area contributed by atoms with Gasteiger partial charge in [0, 0.05) is 26.7 Å². The second kappa shape index (κ2) is 8.93. The number of piperidine rings is 1. The first-order valence-corrected chi connectivity index (χ1v) is 10.7. The molecule has 0 saturated carbocycles. The van der Waals surface area contributed by atoms with Crippen molar-refractivity contribution < 1.29 is 9.59 Å². The molecule has 3 atom stereocenters. The zero-order valence-corrected chi connectivity index (χ0v) is 17.1. The minimum atomic E-state index is -0.404. The van der Waals surface area contributed by atoms with E-state index in [1.807, 2.05) is 0 Å². The molecule has 0 bridgehead atoms. The van der Waals surface area contributed by atoms with Gasteiger partial charge in [0.2, 0.25) is 0 Å². The van der Waals surface area contributed by atoms with E-state index in [-0.39, 0.29) is 11.9 Å². The quantitative estimate of drug-likeness (QED) is 0.693. The molecule has 3 amide bonds. The van der Waals surface area contributed by atoms with Gasteiger partial charge >= 0.3 is 6.03 Å². The molecule has 0 spiro atoms. The van der Waals surface area contributed by atoms with E-state index in [1.165, 1.54) is 38.5 Å². The largest absolute Gasteiger partial charge is 0.342 e. The zero-order valence-electron chi connectivity index (χ0n) is 17.1. The number of aliphatic imine (C=N–C) groups is 1. The number of nitrogens with one attached hydrogen (secondary N) is 1. The molecule has 3 aliphatic heterocycles. The molecule has 3 rings (SSSR count). The molecule has 0 radical (unpaired) electrons. The van der Waals surface area contributed by atoms with Crippen LogP contribution < -0.4 is 5.32 Å². The number of carbonyl (C=O) groups excluding carboxylic acids is 2. The van der Waals surface area contributed by atoms with Crippen molar-refractivity contribution in [1.29, 1.82) is 0 Å². The average Bonchev–Trinajstić information content (AvgIpc) is 3.03. The lowest BCUT2D eigenvalue weighted by atomic mass is 10.0. The first-order chi connectivity index (χ1) is 13.0. The van der Waals surface area contributed by atoms with Crippen molar-refractivity contribution in [2.75, 3.05) is 26.7 Å². The van der Waals surface area contributed by atoms with Gasteiger partial charge in [-0.1, -0.05) is 46.0 Å². The van der Waals surface area contributed by atoms with Gasteiger partial charge in [-0.3, -0.25) is 10.1 Å². The highest BCUT2D eigenvalue weighted by Gasteiger charge is 2.49. The van der Waals surface area contributed by atoms with Gasteiger partial charge in [-0.2, -0.15) is 0 Å². The van der Waals surface area contributed by atoms with E-state index in [0.29, 0.717) is 5.92 Å². The molecule has 3 heterocycles. The molecule has 2 fully saturated rings. The minimum Gasteiger partial charge on any atom is -0.342 e. The number of likely N-dealkylation sites (tertiary alicyclic amines) is 1. The molecule has 3 aliphatic rings. The van der Waals surface area contributed by atoms with E-state index in [4.69, 9.17) is 4.99 Å². The molecule has 7 nitrogen and oxygen atoms in total. The van der Waals surface area contributed by atoms with Crippen molar-refractivity contribution in [3.8, 4) is 0 Å². The number of likely N-dealkylation sites (N-methyl/N-ethyl adjacent to an activating group) is 1. The van der Waals surface area contributed by atoms with Gasteiger partial charge in [0.1, 0.15) is 0 Å². The SMILES string of the molecule is CCCCCCCCN1C(N2CCCC(C)C2)=NC2C1C(=O)NC(=O)N2C. The number of unbranched alkanes of at least 4 members (excludes halogenated alkanes) is 5. The molecule has 3 unspecified atom stereocenters.